The molecule has 2 aliphatic heterocycles. The molecule has 0 amide bonds. The standard InChI is InChI=1S/C20H23N7/c1-2-13-5-14(15-8-23-24-9-15)3-4-18(13)19-10-22-20(26-25-19)27-11-16-6-21-7-17(16)12-27/h3-5,8-10,16-17,21H,2,6-7,11-12H2,1H3,(H,23,24). The van der Waals surface area contributed by atoms with Crippen LogP contribution in [-0.4, -0.2) is 51.6 Å². The Hall–Kier alpha value is -2.80. The normalized spacial score (nSPS) is 21.6. The summed E-state index contributed by atoms with van der Waals surface area (Å²) in [7, 11) is 0. The second-order valence-electron chi connectivity index (χ2n) is 7.44. The van der Waals surface area contributed by atoms with E-state index < -0.39 is 0 Å². The zero-order valence-corrected chi connectivity index (χ0v) is 15.4. The number of rotatable bonds is 4. The Labute approximate surface area is 158 Å². The van der Waals surface area contributed by atoms with Crippen LogP contribution in [0, 0.1) is 11.8 Å². The number of benzene rings is 1. The van der Waals surface area contributed by atoms with Crippen LogP contribution < -0.4 is 10.2 Å². The largest absolute Gasteiger partial charge is 0.339 e. The van der Waals surface area contributed by atoms with E-state index in [1.807, 2.05) is 18.6 Å². The Kier molecular flexibility index (Phi) is 4.09. The van der Waals surface area contributed by atoms with Crippen LogP contribution in [0.1, 0.15) is 12.5 Å². The average Bonchev–Trinajstić information content (AvgIpc) is 3.45. The lowest BCUT2D eigenvalue weighted by molar-refractivity contribution is 0.533. The molecule has 2 N–H and O–H groups in total. The molecule has 0 bridgehead atoms. The first-order valence-electron chi connectivity index (χ1n) is 9.59. The Morgan fingerprint density at radius 3 is 2.59 bits per heavy atom. The number of H-pyrrole nitrogens is 1. The molecule has 2 unspecified atom stereocenters. The summed E-state index contributed by atoms with van der Waals surface area (Å²) >= 11 is 0. The molecule has 2 fully saturated rings. The molecular formula is C20H23N7. The van der Waals surface area contributed by atoms with Crippen molar-refractivity contribution in [2.75, 3.05) is 31.1 Å². The van der Waals surface area contributed by atoms with Gasteiger partial charge in [-0.2, -0.15) is 5.10 Å². The van der Waals surface area contributed by atoms with Crippen molar-refractivity contribution in [1.82, 2.24) is 30.7 Å². The van der Waals surface area contributed by atoms with Gasteiger partial charge < -0.3 is 10.2 Å². The zero-order valence-electron chi connectivity index (χ0n) is 15.4. The summed E-state index contributed by atoms with van der Waals surface area (Å²) < 4.78 is 0. The summed E-state index contributed by atoms with van der Waals surface area (Å²) in [4.78, 5) is 6.90. The third-order valence-corrected chi connectivity index (χ3v) is 5.82. The average molecular weight is 361 g/mol. The highest BCUT2D eigenvalue weighted by Crippen LogP contribution is 2.30. The van der Waals surface area contributed by atoms with Gasteiger partial charge in [0.1, 0.15) is 5.69 Å². The topological polar surface area (TPSA) is 82.6 Å². The van der Waals surface area contributed by atoms with Crippen molar-refractivity contribution < 1.29 is 0 Å². The Morgan fingerprint density at radius 2 is 1.93 bits per heavy atom. The van der Waals surface area contributed by atoms with E-state index in [2.05, 4.69) is 60.7 Å². The van der Waals surface area contributed by atoms with Crippen LogP contribution in [0.15, 0.2) is 36.8 Å². The van der Waals surface area contributed by atoms with Gasteiger partial charge in [0.2, 0.25) is 5.95 Å². The minimum absolute atomic E-state index is 0.718. The van der Waals surface area contributed by atoms with Crippen molar-refractivity contribution in [3.8, 4) is 22.4 Å². The van der Waals surface area contributed by atoms with Gasteiger partial charge in [-0.05, 0) is 29.4 Å². The van der Waals surface area contributed by atoms with E-state index in [0.717, 1.165) is 72.8 Å². The van der Waals surface area contributed by atoms with E-state index in [-0.39, 0.29) is 0 Å². The van der Waals surface area contributed by atoms with E-state index in [1.54, 1.807) is 0 Å². The SMILES string of the molecule is CCc1cc(-c2cn[nH]c2)ccc1-c1cnc(N2CC3CNCC3C2)nn1. The van der Waals surface area contributed by atoms with Gasteiger partial charge in [0.25, 0.3) is 0 Å². The van der Waals surface area contributed by atoms with Gasteiger partial charge in [-0.15, -0.1) is 10.2 Å². The molecule has 138 valence electrons. The van der Waals surface area contributed by atoms with Crippen molar-refractivity contribution >= 4 is 5.95 Å². The lowest BCUT2D eigenvalue weighted by Crippen LogP contribution is -2.27. The smallest absolute Gasteiger partial charge is 0.245 e. The second kappa shape index (κ2) is 6.74. The van der Waals surface area contributed by atoms with Gasteiger partial charge in [0.15, 0.2) is 0 Å². The monoisotopic (exact) mass is 361 g/mol. The fourth-order valence-corrected chi connectivity index (χ4v) is 4.28. The maximum Gasteiger partial charge on any atom is 0.245 e. The summed E-state index contributed by atoms with van der Waals surface area (Å²) in [6, 6.07) is 6.41. The predicted molar refractivity (Wildman–Crippen MR) is 104 cm³/mol. The number of nitrogens with one attached hydrogen (secondary N) is 2. The molecule has 3 aromatic rings. The van der Waals surface area contributed by atoms with Crippen LogP contribution in [0.4, 0.5) is 5.95 Å². The van der Waals surface area contributed by atoms with E-state index in [0.29, 0.717) is 0 Å². The Balaban J connectivity index is 1.40. The van der Waals surface area contributed by atoms with Crippen LogP contribution in [0.2, 0.25) is 0 Å². The van der Waals surface area contributed by atoms with Crippen molar-refractivity contribution in [3.05, 3.63) is 42.4 Å². The number of nitrogens with zero attached hydrogens (tertiary/aromatic N) is 5. The maximum atomic E-state index is 4.63. The fourth-order valence-electron chi connectivity index (χ4n) is 4.28. The molecule has 2 saturated heterocycles. The van der Waals surface area contributed by atoms with E-state index >= 15 is 0 Å². The number of anilines is 1. The van der Waals surface area contributed by atoms with Gasteiger partial charge in [-0.3, -0.25) is 5.10 Å². The molecule has 7 heteroatoms. The molecule has 0 saturated carbocycles. The lowest BCUT2D eigenvalue weighted by atomic mass is 9.98. The molecule has 4 heterocycles. The number of hydrogen-bond donors (Lipinski definition) is 2. The third-order valence-electron chi connectivity index (χ3n) is 5.82. The summed E-state index contributed by atoms with van der Waals surface area (Å²) in [6.07, 6.45) is 6.53. The van der Waals surface area contributed by atoms with E-state index in [1.165, 1.54) is 5.56 Å². The van der Waals surface area contributed by atoms with Gasteiger partial charge in [0.05, 0.1) is 12.4 Å². The van der Waals surface area contributed by atoms with Crippen LogP contribution in [0.5, 0.6) is 0 Å². The van der Waals surface area contributed by atoms with Crippen LogP contribution >= 0.6 is 0 Å². The second-order valence-corrected chi connectivity index (χ2v) is 7.44. The first-order valence-corrected chi connectivity index (χ1v) is 9.59. The molecule has 0 aliphatic carbocycles. The highest BCUT2D eigenvalue weighted by molar-refractivity contribution is 5.71. The highest BCUT2D eigenvalue weighted by atomic mass is 15.3. The van der Waals surface area contributed by atoms with Crippen LogP contribution in [-0.2, 0) is 6.42 Å². The minimum Gasteiger partial charge on any atom is -0.339 e. The number of aromatic amines is 1. The van der Waals surface area contributed by atoms with Crippen molar-refractivity contribution in [1.29, 1.82) is 0 Å². The van der Waals surface area contributed by atoms with Crippen molar-refractivity contribution in [2.45, 2.75) is 13.3 Å². The van der Waals surface area contributed by atoms with Crippen molar-refractivity contribution in [3.63, 3.8) is 0 Å². The number of aryl methyl sites for hydroxylation is 1. The number of hydrogen-bond acceptors (Lipinski definition) is 6. The zero-order chi connectivity index (χ0) is 18.2. The number of fused-ring (bicyclic) bond motifs is 1. The fraction of sp³-hybridized carbons (Fsp3) is 0.400. The molecule has 27 heavy (non-hydrogen) atoms. The van der Waals surface area contributed by atoms with Gasteiger partial charge in [-0.1, -0.05) is 25.1 Å². The predicted octanol–water partition coefficient (Wildman–Crippen LogP) is 2.15. The van der Waals surface area contributed by atoms with Gasteiger partial charge >= 0.3 is 0 Å². The third kappa shape index (κ3) is 2.98. The summed E-state index contributed by atoms with van der Waals surface area (Å²) in [6.45, 7) is 6.42. The first-order chi connectivity index (χ1) is 13.3. The molecule has 2 atom stereocenters. The Bertz CT molecular complexity index is 908. The minimum atomic E-state index is 0.718. The Morgan fingerprint density at radius 1 is 1.07 bits per heavy atom. The first kappa shape index (κ1) is 16.4. The molecule has 1 aromatic carbocycles. The summed E-state index contributed by atoms with van der Waals surface area (Å²) in [5, 5.41) is 19.3. The highest BCUT2D eigenvalue weighted by Gasteiger charge is 2.37. The van der Waals surface area contributed by atoms with Gasteiger partial charge in [0, 0.05) is 43.5 Å². The molecule has 2 aromatic heterocycles. The molecule has 5 rings (SSSR count). The van der Waals surface area contributed by atoms with E-state index in [9.17, 15) is 0 Å². The molecular weight excluding hydrogens is 338 g/mol. The molecule has 0 spiro atoms. The maximum absolute atomic E-state index is 4.63. The number of aromatic nitrogens is 5. The van der Waals surface area contributed by atoms with E-state index in [4.69, 9.17) is 0 Å². The quantitative estimate of drug-likeness (QED) is 0.741. The molecule has 0 radical (unpaired) electrons. The molecule has 7 nitrogen and oxygen atoms in total. The van der Waals surface area contributed by atoms with Crippen molar-refractivity contribution in [2.24, 2.45) is 11.8 Å². The summed E-state index contributed by atoms with van der Waals surface area (Å²) in [5.74, 6) is 2.19. The summed E-state index contributed by atoms with van der Waals surface area (Å²) in [5.41, 5.74) is 5.40. The molecule has 2 aliphatic rings. The van der Waals surface area contributed by atoms with Crippen LogP contribution in [0.25, 0.3) is 22.4 Å². The van der Waals surface area contributed by atoms with Gasteiger partial charge in [-0.25, -0.2) is 4.98 Å². The lowest BCUT2D eigenvalue weighted by Gasteiger charge is -2.17. The van der Waals surface area contributed by atoms with Crippen LogP contribution in [0.3, 0.4) is 0 Å².